The standard InChI is InChI=1S/C16H24Br2N2O/c1-3-6-20-7-4-13(5-8-20)19-11-12-9-14(17)16(21-2)15(18)10-12/h9-10,13,19H,3-8,11H2,1-2H3. The van der Waals surface area contributed by atoms with Crippen LogP contribution in [0.15, 0.2) is 21.1 Å². The van der Waals surface area contributed by atoms with Crippen LogP contribution in [0.2, 0.25) is 0 Å². The summed E-state index contributed by atoms with van der Waals surface area (Å²) in [5.74, 6) is 0.853. The van der Waals surface area contributed by atoms with Crippen LogP contribution in [-0.4, -0.2) is 37.7 Å². The Labute approximate surface area is 144 Å². The van der Waals surface area contributed by atoms with Crippen LogP contribution in [0.1, 0.15) is 31.7 Å². The first-order chi connectivity index (χ1) is 10.1. The van der Waals surface area contributed by atoms with Crippen molar-refractivity contribution in [1.29, 1.82) is 0 Å². The third-order valence-corrected chi connectivity index (χ3v) is 5.16. The molecule has 0 amide bonds. The number of hydrogen-bond donors (Lipinski definition) is 1. The highest BCUT2D eigenvalue weighted by Crippen LogP contribution is 2.34. The van der Waals surface area contributed by atoms with Crippen molar-refractivity contribution in [3.8, 4) is 5.75 Å². The van der Waals surface area contributed by atoms with Crippen molar-refractivity contribution in [1.82, 2.24) is 10.2 Å². The molecule has 0 radical (unpaired) electrons. The average molecular weight is 420 g/mol. The molecule has 21 heavy (non-hydrogen) atoms. The van der Waals surface area contributed by atoms with Crippen molar-refractivity contribution in [3.05, 3.63) is 26.6 Å². The lowest BCUT2D eigenvalue weighted by Gasteiger charge is -2.32. The molecule has 0 aliphatic carbocycles. The van der Waals surface area contributed by atoms with Crippen molar-refractivity contribution in [2.45, 2.75) is 38.8 Å². The predicted octanol–water partition coefficient (Wildman–Crippen LogP) is 4.18. The van der Waals surface area contributed by atoms with Gasteiger partial charge in [-0.25, -0.2) is 0 Å². The number of hydrogen-bond acceptors (Lipinski definition) is 3. The molecule has 1 aliphatic heterocycles. The van der Waals surface area contributed by atoms with Gasteiger partial charge in [0.15, 0.2) is 0 Å². The molecule has 1 aromatic carbocycles. The maximum Gasteiger partial charge on any atom is 0.147 e. The smallest absolute Gasteiger partial charge is 0.147 e. The minimum Gasteiger partial charge on any atom is -0.494 e. The lowest BCUT2D eigenvalue weighted by Crippen LogP contribution is -2.42. The summed E-state index contributed by atoms with van der Waals surface area (Å²) in [6.07, 6.45) is 3.75. The molecule has 0 bridgehead atoms. The Kier molecular flexibility index (Phi) is 6.99. The van der Waals surface area contributed by atoms with Crippen molar-refractivity contribution >= 4 is 31.9 Å². The Morgan fingerprint density at radius 1 is 1.24 bits per heavy atom. The van der Waals surface area contributed by atoms with Crippen LogP contribution in [0.4, 0.5) is 0 Å². The second kappa shape index (κ2) is 8.51. The van der Waals surface area contributed by atoms with Gasteiger partial charge in [-0.2, -0.15) is 0 Å². The summed E-state index contributed by atoms with van der Waals surface area (Å²) in [7, 11) is 1.69. The zero-order valence-corrected chi connectivity index (χ0v) is 16.0. The zero-order chi connectivity index (χ0) is 15.2. The van der Waals surface area contributed by atoms with Crippen LogP contribution < -0.4 is 10.1 Å². The molecular formula is C16H24Br2N2O. The van der Waals surface area contributed by atoms with Crippen molar-refractivity contribution < 1.29 is 4.74 Å². The number of halogens is 2. The molecule has 0 atom stereocenters. The van der Waals surface area contributed by atoms with Crippen LogP contribution in [0, 0.1) is 0 Å². The van der Waals surface area contributed by atoms with E-state index in [0.717, 1.165) is 21.2 Å². The molecule has 0 aromatic heterocycles. The van der Waals surface area contributed by atoms with Gasteiger partial charge in [-0.05, 0) is 88.5 Å². The summed E-state index contributed by atoms with van der Waals surface area (Å²) < 4.78 is 7.33. The number of ether oxygens (including phenoxy) is 1. The monoisotopic (exact) mass is 418 g/mol. The highest BCUT2D eigenvalue weighted by molar-refractivity contribution is 9.11. The van der Waals surface area contributed by atoms with E-state index in [9.17, 15) is 0 Å². The molecular weight excluding hydrogens is 396 g/mol. The SMILES string of the molecule is CCCN1CCC(NCc2cc(Br)c(OC)c(Br)c2)CC1. The second-order valence-corrected chi connectivity index (χ2v) is 7.30. The Morgan fingerprint density at radius 3 is 2.38 bits per heavy atom. The van der Waals surface area contributed by atoms with E-state index in [0.29, 0.717) is 6.04 Å². The van der Waals surface area contributed by atoms with Gasteiger partial charge in [0.25, 0.3) is 0 Å². The lowest BCUT2D eigenvalue weighted by molar-refractivity contribution is 0.197. The van der Waals surface area contributed by atoms with Crippen molar-refractivity contribution in [3.63, 3.8) is 0 Å². The molecule has 3 nitrogen and oxygen atoms in total. The summed E-state index contributed by atoms with van der Waals surface area (Å²) in [6, 6.07) is 4.89. The molecule has 5 heteroatoms. The topological polar surface area (TPSA) is 24.5 Å². The number of rotatable bonds is 6. The van der Waals surface area contributed by atoms with Gasteiger partial charge in [-0.3, -0.25) is 0 Å². The minimum atomic E-state index is 0.637. The number of likely N-dealkylation sites (tertiary alicyclic amines) is 1. The van der Waals surface area contributed by atoms with Crippen LogP contribution in [0.3, 0.4) is 0 Å². The van der Waals surface area contributed by atoms with E-state index in [-0.39, 0.29) is 0 Å². The highest BCUT2D eigenvalue weighted by Gasteiger charge is 2.18. The molecule has 1 saturated heterocycles. The molecule has 0 spiro atoms. The highest BCUT2D eigenvalue weighted by atomic mass is 79.9. The third kappa shape index (κ3) is 4.95. The summed E-state index contributed by atoms with van der Waals surface area (Å²) >= 11 is 7.12. The van der Waals surface area contributed by atoms with Crippen LogP contribution in [0.5, 0.6) is 5.75 Å². The largest absolute Gasteiger partial charge is 0.494 e. The maximum absolute atomic E-state index is 5.34. The number of nitrogens with zero attached hydrogens (tertiary/aromatic N) is 1. The molecule has 1 aromatic rings. The Morgan fingerprint density at radius 2 is 1.86 bits per heavy atom. The van der Waals surface area contributed by atoms with Crippen LogP contribution in [-0.2, 0) is 6.54 Å². The first-order valence-corrected chi connectivity index (χ1v) is 9.20. The van der Waals surface area contributed by atoms with Gasteiger partial charge >= 0.3 is 0 Å². The average Bonchev–Trinajstić information content (AvgIpc) is 2.47. The first-order valence-electron chi connectivity index (χ1n) is 7.61. The number of piperidine rings is 1. The fourth-order valence-corrected chi connectivity index (χ4v) is 4.45. The van der Waals surface area contributed by atoms with E-state index in [1.54, 1.807) is 7.11 Å². The van der Waals surface area contributed by atoms with Crippen LogP contribution in [0.25, 0.3) is 0 Å². The number of nitrogens with one attached hydrogen (secondary N) is 1. The van der Waals surface area contributed by atoms with Gasteiger partial charge in [0.2, 0.25) is 0 Å². The zero-order valence-electron chi connectivity index (χ0n) is 12.8. The number of benzene rings is 1. The Hall–Kier alpha value is -0.100. The predicted molar refractivity (Wildman–Crippen MR) is 95.0 cm³/mol. The van der Waals surface area contributed by atoms with E-state index in [1.807, 2.05) is 0 Å². The molecule has 0 unspecified atom stereocenters. The Bertz CT molecular complexity index is 437. The van der Waals surface area contributed by atoms with Gasteiger partial charge in [0.05, 0.1) is 16.1 Å². The molecule has 1 aliphatic rings. The van der Waals surface area contributed by atoms with E-state index < -0.39 is 0 Å². The normalized spacial score (nSPS) is 17.1. The molecule has 1 heterocycles. The van der Waals surface area contributed by atoms with Crippen molar-refractivity contribution in [2.24, 2.45) is 0 Å². The minimum absolute atomic E-state index is 0.637. The second-order valence-electron chi connectivity index (χ2n) is 5.59. The molecule has 2 rings (SSSR count). The molecule has 1 N–H and O–H groups in total. The molecule has 1 fully saturated rings. The summed E-state index contributed by atoms with van der Waals surface area (Å²) in [6.45, 7) is 6.84. The third-order valence-electron chi connectivity index (χ3n) is 3.98. The van der Waals surface area contributed by atoms with Gasteiger partial charge in [0, 0.05) is 12.6 Å². The molecule has 0 saturated carbocycles. The van der Waals surface area contributed by atoms with Gasteiger partial charge in [0.1, 0.15) is 5.75 Å². The van der Waals surface area contributed by atoms with E-state index >= 15 is 0 Å². The summed E-state index contributed by atoms with van der Waals surface area (Å²) in [4.78, 5) is 2.57. The fraction of sp³-hybridized carbons (Fsp3) is 0.625. The van der Waals surface area contributed by atoms with Gasteiger partial charge in [-0.1, -0.05) is 6.92 Å². The number of methoxy groups -OCH3 is 1. The van der Waals surface area contributed by atoms with Gasteiger partial charge in [-0.15, -0.1) is 0 Å². The van der Waals surface area contributed by atoms with E-state index in [4.69, 9.17) is 4.74 Å². The van der Waals surface area contributed by atoms with E-state index in [2.05, 4.69) is 61.1 Å². The van der Waals surface area contributed by atoms with Crippen LogP contribution >= 0.6 is 31.9 Å². The lowest BCUT2D eigenvalue weighted by atomic mass is 10.0. The van der Waals surface area contributed by atoms with E-state index in [1.165, 1.54) is 44.5 Å². The summed E-state index contributed by atoms with van der Waals surface area (Å²) in [5.41, 5.74) is 1.27. The quantitative estimate of drug-likeness (QED) is 0.748. The van der Waals surface area contributed by atoms with Gasteiger partial charge < -0.3 is 15.0 Å². The summed E-state index contributed by atoms with van der Waals surface area (Å²) in [5, 5.41) is 3.68. The first kappa shape index (κ1) is 17.3. The van der Waals surface area contributed by atoms with Crippen molar-refractivity contribution in [2.75, 3.05) is 26.7 Å². The molecule has 118 valence electrons. The Balaban J connectivity index is 1.84. The fourth-order valence-electron chi connectivity index (χ4n) is 2.85. The maximum atomic E-state index is 5.34.